The van der Waals surface area contributed by atoms with Gasteiger partial charge < -0.3 is 19.7 Å². The summed E-state index contributed by atoms with van der Waals surface area (Å²) >= 11 is 0. The van der Waals surface area contributed by atoms with Crippen LogP contribution >= 0.6 is 0 Å². The first-order chi connectivity index (χ1) is 14.3. The van der Waals surface area contributed by atoms with E-state index in [9.17, 15) is 18.0 Å². The van der Waals surface area contributed by atoms with Gasteiger partial charge in [0.25, 0.3) is 0 Å². The van der Waals surface area contributed by atoms with Crippen LogP contribution in [0, 0.1) is 5.92 Å². The van der Waals surface area contributed by atoms with Crippen molar-refractivity contribution in [1.29, 1.82) is 0 Å². The van der Waals surface area contributed by atoms with Crippen LogP contribution in [0.25, 0.3) is 0 Å². The number of amides is 2. The Morgan fingerprint density at radius 1 is 1.10 bits per heavy atom. The zero-order chi connectivity index (χ0) is 21.5. The normalized spacial score (nSPS) is 18.2. The zero-order valence-corrected chi connectivity index (χ0v) is 17.3. The van der Waals surface area contributed by atoms with Crippen molar-refractivity contribution in [3.63, 3.8) is 0 Å². The fourth-order valence-electron chi connectivity index (χ4n) is 3.35. The van der Waals surface area contributed by atoms with E-state index in [2.05, 4.69) is 5.32 Å². The summed E-state index contributed by atoms with van der Waals surface area (Å²) < 4.78 is 36.0. The Morgan fingerprint density at radius 2 is 1.80 bits per heavy atom. The van der Waals surface area contributed by atoms with Gasteiger partial charge in [-0.25, -0.2) is 12.7 Å². The molecule has 0 bridgehead atoms. The van der Waals surface area contributed by atoms with Gasteiger partial charge in [0.1, 0.15) is 0 Å². The van der Waals surface area contributed by atoms with E-state index in [0.717, 1.165) is 4.31 Å². The molecule has 0 aliphatic carbocycles. The molecule has 1 saturated heterocycles. The van der Waals surface area contributed by atoms with Gasteiger partial charge in [-0.1, -0.05) is 0 Å². The number of carbonyl (C=O) groups excluding carboxylic acids is 2. The summed E-state index contributed by atoms with van der Waals surface area (Å²) in [6.07, 6.45) is 0.0906. The van der Waals surface area contributed by atoms with Crippen LogP contribution in [0.2, 0.25) is 0 Å². The Bertz CT molecular complexity index is 1100. The highest BCUT2D eigenvalue weighted by molar-refractivity contribution is 7.89. The lowest BCUT2D eigenvalue weighted by Crippen LogP contribution is -2.28. The van der Waals surface area contributed by atoms with Crippen LogP contribution in [0.4, 0.5) is 11.4 Å². The smallest absolute Gasteiger partial charge is 0.242 e. The number of sulfonamides is 1. The van der Waals surface area contributed by atoms with E-state index < -0.39 is 15.9 Å². The Labute approximate surface area is 174 Å². The molecule has 0 saturated carbocycles. The molecule has 1 fully saturated rings. The fourth-order valence-corrected chi connectivity index (χ4v) is 4.25. The van der Waals surface area contributed by atoms with E-state index >= 15 is 0 Å². The minimum atomic E-state index is -3.54. The molecule has 158 valence electrons. The van der Waals surface area contributed by atoms with Crippen molar-refractivity contribution < 1.29 is 27.5 Å². The highest BCUT2D eigenvalue weighted by Gasteiger charge is 2.35. The molecule has 2 aliphatic heterocycles. The molecule has 2 heterocycles. The molecule has 1 N–H and O–H groups in total. The number of hydrogen-bond donors (Lipinski definition) is 1. The van der Waals surface area contributed by atoms with Crippen molar-refractivity contribution in [3.8, 4) is 11.5 Å². The van der Waals surface area contributed by atoms with E-state index in [1.165, 1.54) is 38.4 Å². The second kappa shape index (κ2) is 7.62. The molecule has 2 aromatic carbocycles. The van der Waals surface area contributed by atoms with Gasteiger partial charge in [-0.15, -0.1) is 0 Å². The number of ether oxygens (including phenoxy) is 2. The molecule has 9 nitrogen and oxygen atoms in total. The largest absolute Gasteiger partial charge is 0.454 e. The first-order valence-electron chi connectivity index (χ1n) is 9.29. The Hall–Kier alpha value is -3.11. The fraction of sp³-hybridized carbons (Fsp3) is 0.300. The summed E-state index contributed by atoms with van der Waals surface area (Å²) in [5, 5.41) is 2.76. The average molecular weight is 431 g/mol. The van der Waals surface area contributed by atoms with Crippen molar-refractivity contribution in [2.24, 2.45) is 5.92 Å². The highest BCUT2D eigenvalue weighted by Crippen LogP contribution is 2.37. The summed E-state index contributed by atoms with van der Waals surface area (Å²) in [6, 6.07) is 11.1. The summed E-state index contributed by atoms with van der Waals surface area (Å²) in [4.78, 5) is 26.8. The second-order valence-electron chi connectivity index (χ2n) is 7.24. The third-order valence-electron chi connectivity index (χ3n) is 5.06. The maximum atomic E-state index is 12.7. The molecule has 0 spiro atoms. The van der Waals surface area contributed by atoms with Crippen molar-refractivity contribution in [3.05, 3.63) is 42.5 Å². The lowest BCUT2D eigenvalue weighted by Gasteiger charge is -2.17. The number of nitrogens with one attached hydrogen (secondary N) is 1. The molecule has 4 rings (SSSR count). The van der Waals surface area contributed by atoms with E-state index in [-0.39, 0.29) is 36.5 Å². The minimum absolute atomic E-state index is 0.0906. The van der Waals surface area contributed by atoms with Crippen molar-refractivity contribution in [2.75, 3.05) is 37.6 Å². The third kappa shape index (κ3) is 3.71. The maximum Gasteiger partial charge on any atom is 0.242 e. The van der Waals surface area contributed by atoms with Gasteiger partial charge in [0.15, 0.2) is 11.5 Å². The zero-order valence-electron chi connectivity index (χ0n) is 16.5. The highest BCUT2D eigenvalue weighted by atomic mass is 32.2. The molecule has 10 heteroatoms. The molecular formula is C20H21N3O6S. The molecular weight excluding hydrogens is 410 g/mol. The molecule has 2 aliphatic rings. The number of fused-ring (bicyclic) bond motifs is 1. The topological polar surface area (TPSA) is 105 Å². The Balaban J connectivity index is 1.43. The van der Waals surface area contributed by atoms with E-state index in [1.807, 2.05) is 0 Å². The molecule has 1 atom stereocenters. The lowest BCUT2D eigenvalue weighted by atomic mass is 10.1. The molecule has 30 heavy (non-hydrogen) atoms. The first-order valence-corrected chi connectivity index (χ1v) is 10.7. The van der Waals surface area contributed by atoms with Crippen molar-refractivity contribution in [2.45, 2.75) is 11.3 Å². The van der Waals surface area contributed by atoms with E-state index in [0.29, 0.717) is 22.9 Å². The number of rotatable bonds is 5. The van der Waals surface area contributed by atoms with Crippen LogP contribution < -0.4 is 19.7 Å². The molecule has 0 radical (unpaired) electrons. The summed E-state index contributed by atoms with van der Waals surface area (Å²) in [5.74, 6) is 0.227. The van der Waals surface area contributed by atoms with Crippen LogP contribution in [-0.2, 0) is 19.6 Å². The average Bonchev–Trinajstić information content (AvgIpc) is 3.34. The summed E-state index contributed by atoms with van der Waals surface area (Å²) in [5.41, 5.74) is 1.12. The van der Waals surface area contributed by atoms with E-state index in [1.54, 1.807) is 23.1 Å². The van der Waals surface area contributed by atoms with Gasteiger partial charge in [-0.05, 0) is 36.4 Å². The monoisotopic (exact) mass is 431 g/mol. The predicted octanol–water partition coefficient (Wildman–Crippen LogP) is 1.66. The third-order valence-corrected chi connectivity index (χ3v) is 6.89. The Kier molecular flexibility index (Phi) is 5.12. The van der Waals surface area contributed by atoms with Gasteiger partial charge >= 0.3 is 0 Å². The van der Waals surface area contributed by atoms with Gasteiger partial charge in [0, 0.05) is 44.5 Å². The van der Waals surface area contributed by atoms with Crippen molar-refractivity contribution in [1.82, 2.24) is 4.31 Å². The SMILES string of the molecule is CN(C)S(=O)(=O)c1ccc(NC(=O)C2CC(=O)N(c3ccc4c(c3)OCO4)C2)cc1. The van der Waals surface area contributed by atoms with Crippen LogP contribution in [0.15, 0.2) is 47.4 Å². The standard InChI is InChI=1S/C20H21N3O6S/c1-22(2)30(26,27)16-6-3-14(4-7-16)21-20(25)13-9-19(24)23(11-13)15-5-8-17-18(10-15)29-12-28-17/h3-8,10,13H,9,11-12H2,1-2H3,(H,21,25). The molecule has 2 amide bonds. The van der Waals surface area contributed by atoms with Crippen LogP contribution in [0.3, 0.4) is 0 Å². The molecule has 0 aromatic heterocycles. The van der Waals surface area contributed by atoms with E-state index in [4.69, 9.17) is 9.47 Å². The van der Waals surface area contributed by atoms with Gasteiger partial charge in [0.2, 0.25) is 28.6 Å². The van der Waals surface area contributed by atoms with Gasteiger partial charge in [-0.3, -0.25) is 9.59 Å². The van der Waals surface area contributed by atoms with Gasteiger partial charge in [0.05, 0.1) is 10.8 Å². The first kappa shape index (κ1) is 20.2. The van der Waals surface area contributed by atoms with Crippen LogP contribution in [0.1, 0.15) is 6.42 Å². The van der Waals surface area contributed by atoms with Crippen LogP contribution in [0.5, 0.6) is 11.5 Å². The summed E-state index contributed by atoms with van der Waals surface area (Å²) in [7, 11) is -0.632. The molecule has 1 unspecified atom stereocenters. The summed E-state index contributed by atoms with van der Waals surface area (Å²) in [6.45, 7) is 0.393. The Morgan fingerprint density at radius 3 is 2.50 bits per heavy atom. The quantitative estimate of drug-likeness (QED) is 0.772. The van der Waals surface area contributed by atoms with Crippen LogP contribution in [-0.4, -0.2) is 52.0 Å². The minimum Gasteiger partial charge on any atom is -0.454 e. The number of carbonyl (C=O) groups is 2. The molecule has 2 aromatic rings. The number of nitrogens with zero attached hydrogens (tertiary/aromatic N) is 2. The number of anilines is 2. The maximum absolute atomic E-state index is 12.7. The lowest BCUT2D eigenvalue weighted by molar-refractivity contribution is -0.122. The number of benzene rings is 2. The van der Waals surface area contributed by atoms with Crippen molar-refractivity contribution >= 4 is 33.2 Å². The number of hydrogen-bond acceptors (Lipinski definition) is 6. The van der Waals surface area contributed by atoms with Gasteiger partial charge in [-0.2, -0.15) is 0 Å². The second-order valence-corrected chi connectivity index (χ2v) is 9.40. The predicted molar refractivity (Wildman–Crippen MR) is 109 cm³/mol.